The van der Waals surface area contributed by atoms with Crippen LogP contribution in [0.4, 0.5) is 0 Å². The van der Waals surface area contributed by atoms with Gasteiger partial charge in [-0.1, -0.05) is 90.2 Å². The van der Waals surface area contributed by atoms with E-state index >= 15 is 0 Å². The summed E-state index contributed by atoms with van der Waals surface area (Å²) in [5, 5.41) is 0. The fourth-order valence-corrected chi connectivity index (χ4v) is 3.09. The van der Waals surface area contributed by atoms with Gasteiger partial charge in [-0.05, 0) is 25.0 Å². The minimum absolute atomic E-state index is 0. The topological polar surface area (TPSA) is 52.6 Å². The second-order valence-corrected chi connectivity index (χ2v) is 7.35. The minimum atomic E-state index is -0.444. The average molecular weight is 524 g/mol. The van der Waals surface area contributed by atoms with Crippen LogP contribution in [0.25, 0.3) is 0 Å². The molecule has 29 heavy (non-hydrogen) atoms. The van der Waals surface area contributed by atoms with Gasteiger partial charge in [-0.15, -0.1) is 0 Å². The van der Waals surface area contributed by atoms with Crippen molar-refractivity contribution in [2.75, 3.05) is 13.2 Å². The van der Waals surface area contributed by atoms with E-state index in [0.29, 0.717) is 24.3 Å². The van der Waals surface area contributed by atoms with Gasteiger partial charge in [0.1, 0.15) is 0 Å². The van der Waals surface area contributed by atoms with E-state index in [1.165, 1.54) is 51.4 Å². The first kappa shape index (κ1) is 29.2. The monoisotopic (exact) mass is 524 g/mol. The first-order valence-corrected chi connectivity index (χ1v) is 11.1. The normalized spacial score (nSPS) is 10.3. The zero-order chi connectivity index (χ0) is 20.5. The Balaban J connectivity index is 0.00000784. The molecule has 1 aromatic rings. The van der Waals surface area contributed by atoms with E-state index in [1.807, 2.05) is 0 Å². The number of rotatable bonds is 16. The molecule has 0 saturated carbocycles. The van der Waals surface area contributed by atoms with Gasteiger partial charge in [0.25, 0.3) is 0 Å². The van der Waals surface area contributed by atoms with Crippen LogP contribution in [0.15, 0.2) is 24.3 Å². The van der Waals surface area contributed by atoms with Crippen molar-refractivity contribution in [2.45, 2.75) is 90.9 Å². The van der Waals surface area contributed by atoms with Gasteiger partial charge in [0.15, 0.2) is 0 Å². The second-order valence-electron chi connectivity index (χ2n) is 7.35. The number of carbonyl (C=O) groups excluding carboxylic acids is 2. The molecule has 0 amide bonds. The van der Waals surface area contributed by atoms with Gasteiger partial charge >= 0.3 is 80.8 Å². The maximum atomic E-state index is 12.4. The SMILES string of the molecule is CCCCCCCCOC(=O)c1ccccc1C(=O)OCCCCCCCC.[CsH]. The number of esters is 2. The van der Waals surface area contributed by atoms with Crippen LogP contribution < -0.4 is 0 Å². The molecule has 0 heterocycles. The number of ether oxygens (including phenoxy) is 2. The number of hydrogen-bond acceptors (Lipinski definition) is 4. The number of unbranched alkanes of at least 4 members (excludes halogenated alkanes) is 10. The maximum absolute atomic E-state index is 12.4. The van der Waals surface area contributed by atoms with Crippen LogP contribution in [0, 0.1) is 0 Å². The van der Waals surface area contributed by atoms with Gasteiger partial charge in [-0.3, -0.25) is 0 Å². The van der Waals surface area contributed by atoms with Gasteiger partial charge in [-0.25, -0.2) is 9.59 Å². The van der Waals surface area contributed by atoms with Crippen LogP contribution in [0.5, 0.6) is 0 Å². The molecule has 0 N–H and O–H groups in total. The molecule has 0 aliphatic carbocycles. The standard InChI is InChI=1S/C24H38O4.Cs.H/c1-3-5-7-9-11-15-19-27-23(25)21-17-13-14-18-22(21)24(26)28-20-16-12-10-8-6-4-2;;/h13-14,17-18H,3-12,15-16,19-20H2,1-2H3;;. The zero-order valence-electron chi connectivity index (χ0n) is 17.8. The van der Waals surface area contributed by atoms with Crippen molar-refractivity contribution in [3.63, 3.8) is 0 Å². The number of benzene rings is 1. The van der Waals surface area contributed by atoms with Crippen LogP contribution in [0.2, 0.25) is 0 Å². The summed E-state index contributed by atoms with van der Waals surface area (Å²) >= 11 is 0. The Bertz CT molecular complexity index is 511. The molecular weight excluding hydrogens is 485 g/mol. The van der Waals surface area contributed by atoms with Crippen LogP contribution in [-0.2, 0) is 9.47 Å². The summed E-state index contributed by atoms with van der Waals surface area (Å²) in [6.45, 7) is 5.17. The van der Waals surface area contributed by atoms with Crippen LogP contribution >= 0.6 is 0 Å². The van der Waals surface area contributed by atoms with Gasteiger partial charge in [0.2, 0.25) is 0 Å². The van der Waals surface area contributed by atoms with Gasteiger partial charge in [0, 0.05) is 0 Å². The molecule has 1 aromatic carbocycles. The van der Waals surface area contributed by atoms with E-state index < -0.39 is 11.9 Å². The molecule has 0 atom stereocenters. The molecule has 0 spiro atoms. The van der Waals surface area contributed by atoms with Crippen molar-refractivity contribution in [3.05, 3.63) is 35.4 Å². The molecule has 0 unspecified atom stereocenters. The molecule has 0 radical (unpaired) electrons. The van der Waals surface area contributed by atoms with Crippen LogP contribution in [-0.4, -0.2) is 94.0 Å². The third kappa shape index (κ3) is 14.0. The molecule has 0 aromatic heterocycles. The molecule has 0 aliphatic rings. The summed E-state index contributed by atoms with van der Waals surface area (Å²) in [6.07, 6.45) is 13.6. The molecule has 0 bridgehead atoms. The molecule has 0 fully saturated rings. The predicted octanol–water partition coefficient (Wildman–Crippen LogP) is 6.07. The summed E-state index contributed by atoms with van der Waals surface area (Å²) in [4.78, 5) is 24.7. The van der Waals surface area contributed by atoms with E-state index in [0.717, 1.165) is 25.7 Å². The Kier molecular flexibility index (Phi) is 20.3. The molecule has 0 aliphatic heterocycles. The van der Waals surface area contributed by atoms with E-state index in [2.05, 4.69) is 13.8 Å². The Morgan fingerprint density at radius 2 is 0.966 bits per heavy atom. The van der Waals surface area contributed by atoms with Crippen molar-refractivity contribution < 1.29 is 19.1 Å². The van der Waals surface area contributed by atoms with E-state index in [1.54, 1.807) is 24.3 Å². The predicted molar refractivity (Wildman–Crippen MR) is 121 cm³/mol. The van der Waals surface area contributed by atoms with Crippen molar-refractivity contribution >= 4 is 80.8 Å². The molecule has 0 saturated heterocycles. The third-order valence-corrected chi connectivity index (χ3v) is 4.83. The summed E-state index contributed by atoms with van der Waals surface area (Å²) in [6, 6.07) is 6.74. The fraction of sp³-hybridized carbons (Fsp3) is 0.667. The molecular formula is C24H39CsO4. The second kappa shape index (κ2) is 20.1. The first-order valence-electron chi connectivity index (χ1n) is 11.1. The molecule has 160 valence electrons. The van der Waals surface area contributed by atoms with Crippen molar-refractivity contribution in [1.82, 2.24) is 0 Å². The zero-order valence-corrected chi connectivity index (χ0v) is 17.8. The van der Waals surface area contributed by atoms with E-state index in [4.69, 9.17) is 9.47 Å². The summed E-state index contributed by atoms with van der Waals surface area (Å²) in [5.41, 5.74) is 0.586. The Morgan fingerprint density at radius 3 is 1.34 bits per heavy atom. The molecule has 1 rings (SSSR count). The van der Waals surface area contributed by atoms with E-state index in [9.17, 15) is 9.59 Å². The molecule has 4 nitrogen and oxygen atoms in total. The number of hydrogen-bond donors (Lipinski definition) is 0. The Hall–Kier alpha value is 0.212. The Morgan fingerprint density at radius 1 is 0.621 bits per heavy atom. The quantitative estimate of drug-likeness (QED) is 0.195. The average Bonchev–Trinajstić information content (AvgIpc) is 2.72. The molecule has 5 heteroatoms. The first-order chi connectivity index (χ1) is 13.7. The van der Waals surface area contributed by atoms with Crippen molar-refractivity contribution in [1.29, 1.82) is 0 Å². The van der Waals surface area contributed by atoms with Gasteiger partial charge in [0.05, 0.1) is 24.3 Å². The van der Waals surface area contributed by atoms with Crippen LogP contribution in [0.3, 0.4) is 0 Å². The summed E-state index contributed by atoms with van der Waals surface area (Å²) < 4.78 is 10.7. The van der Waals surface area contributed by atoms with Gasteiger partial charge < -0.3 is 9.47 Å². The van der Waals surface area contributed by atoms with Crippen molar-refractivity contribution in [2.24, 2.45) is 0 Å². The summed E-state index contributed by atoms with van der Waals surface area (Å²) in [5.74, 6) is -0.888. The summed E-state index contributed by atoms with van der Waals surface area (Å²) in [7, 11) is 0. The Labute approximate surface area is 236 Å². The number of carbonyl (C=O) groups is 2. The van der Waals surface area contributed by atoms with Crippen LogP contribution in [0.1, 0.15) is 112 Å². The van der Waals surface area contributed by atoms with Crippen molar-refractivity contribution in [3.8, 4) is 0 Å². The fourth-order valence-electron chi connectivity index (χ4n) is 3.09. The van der Waals surface area contributed by atoms with Gasteiger partial charge in [-0.2, -0.15) is 0 Å². The van der Waals surface area contributed by atoms with E-state index in [-0.39, 0.29) is 68.9 Å². The third-order valence-electron chi connectivity index (χ3n) is 4.83.